The number of aromatic nitrogens is 3. The highest BCUT2D eigenvalue weighted by Gasteiger charge is 2.20. The fraction of sp³-hybridized carbons (Fsp3) is 0.391. The summed E-state index contributed by atoms with van der Waals surface area (Å²) in [6.45, 7) is 6.55. The van der Waals surface area contributed by atoms with E-state index in [0.29, 0.717) is 16.5 Å². The lowest BCUT2D eigenvalue weighted by molar-refractivity contribution is 0.0981. The second kappa shape index (κ2) is 8.74. The first-order valence-corrected chi connectivity index (χ1v) is 11.4. The van der Waals surface area contributed by atoms with Crippen molar-refractivity contribution < 1.29 is 4.74 Å². The van der Waals surface area contributed by atoms with Crippen LogP contribution in [0.15, 0.2) is 42.5 Å². The van der Waals surface area contributed by atoms with Crippen LogP contribution in [0.5, 0.6) is 5.75 Å². The summed E-state index contributed by atoms with van der Waals surface area (Å²) >= 11 is 12.0. The summed E-state index contributed by atoms with van der Waals surface area (Å²) in [7, 11) is 1.95. The molecule has 5 rings (SSSR count). The van der Waals surface area contributed by atoms with Crippen LogP contribution in [0.4, 0.5) is 0 Å². The minimum atomic E-state index is 0.685. The van der Waals surface area contributed by atoms with E-state index in [4.69, 9.17) is 33.7 Å². The molecule has 0 N–H and O–H groups in total. The quantitative estimate of drug-likeness (QED) is 0.544. The molecule has 3 aromatic rings. The van der Waals surface area contributed by atoms with Crippen LogP contribution >= 0.6 is 23.8 Å². The third-order valence-corrected chi connectivity index (χ3v) is 6.93. The highest BCUT2D eigenvalue weighted by Crippen LogP contribution is 2.27. The van der Waals surface area contributed by atoms with Gasteiger partial charge in [-0.15, -0.1) is 0 Å². The van der Waals surface area contributed by atoms with Gasteiger partial charge in [-0.25, -0.2) is 4.68 Å². The van der Waals surface area contributed by atoms with Gasteiger partial charge in [0.1, 0.15) is 5.75 Å². The molecule has 1 saturated heterocycles. The second-order valence-electron chi connectivity index (χ2n) is 8.22. The lowest BCUT2D eigenvalue weighted by Gasteiger charge is -2.34. The summed E-state index contributed by atoms with van der Waals surface area (Å²) in [5, 5.41) is 5.46. The Balaban J connectivity index is 1.22. The zero-order valence-electron chi connectivity index (χ0n) is 17.6. The van der Waals surface area contributed by atoms with E-state index in [1.165, 1.54) is 11.1 Å². The predicted octanol–water partition coefficient (Wildman–Crippen LogP) is 3.98. The molecule has 2 aliphatic heterocycles. The van der Waals surface area contributed by atoms with Crippen molar-refractivity contribution in [1.82, 2.24) is 24.1 Å². The van der Waals surface area contributed by atoms with E-state index < -0.39 is 0 Å². The molecule has 2 aliphatic rings. The molecule has 0 bridgehead atoms. The third-order valence-electron chi connectivity index (χ3n) is 6.11. The van der Waals surface area contributed by atoms with E-state index in [1.807, 2.05) is 40.6 Å². The molecule has 1 aromatic heterocycles. The summed E-state index contributed by atoms with van der Waals surface area (Å²) in [6.07, 6.45) is 1.03. The van der Waals surface area contributed by atoms with Gasteiger partial charge in [0, 0.05) is 51.8 Å². The third kappa shape index (κ3) is 4.28. The van der Waals surface area contributed by atoms with Gasteiger partial charge >= 0.3 is 0 Å². The molecule has 0 atom stereocenters. The van der Waals surface area contributed by atoms with Crippen molar-refractivity contribution in [3.8, 4) is 17.1 Å². The molecular formula is C23H26ClN5OS. The summed E-state index contributed by atoms with van der Waals surface area (Å²) in [5.74, 6) is 1.85. The van der Waals surface area contributed by atoms with E-state index in [1.54, 1.807) is 0 Å². The molecule has 31 heavy (non-hydrogen) atoms. The molecule has 0 spiro atoms. The molecule has 1 fully saturated rings. The first-order chi connectivity index (χ1) is 15.1. The number of hydrogen-bond donors (Lipinski definition) is 0. The molecule has 6 nitrogen and oxygen atoms in total. The number of piperazine rings is 1. The van der Waals surface area contributed by atoms with Crippen LogP contribution in [0, 0.1) is 4.77 Å². The van der Waals surface area contributed by atoms with Crippen molar-refractivity contribution in [2.75, 3.05) is 32.8 Å². The molecule has 2 aromatic carbocycles. The topological polar surface area (TPSA) is 38.5 Å². The van der Waals surface area contributed by atoms with Gasteiger partial charge in [0.25, 0.3) is 0 Å². The van der Waals surface area contributed by atoms with Gasteiger partial charge in [-0.2, -0.15) is 5.10 Å². The van der Waals surface area contributed by atoms with Crippen molar-refractivity contribution >= 4 is 23.8 Å². The van der Waals surface area contributed by atoms with Crippen LogP contribution < -0.4 is 4.74 Å². The summed E-state index contributed by atoms with van der Waals surface area (Å²) in [6, 6.07) is 14.4. The minimum absolute atomic E-state index is 0.685. The van der Waals surface area contributed by atoms with Crippen LogP contribution in [0.3, 0.4) is 0 Å². The lowest BCUT2D eigenvalue weighted by Crippen LogP contribution is -2.46. The molecule has 0 saturated carbocycles. The summed E-state index contributed by atoms with van der Waals surface area (Å²) < 4.78 is 10.2. The van der Waals surface area contributed by atoms with Crippen molar-refractivity contribution in [2.24, 2.45) is 7.05 Å². The smallest absolute Gasteiger partial charge is 0.199 e. The van der Waals surface area contributed by atoms with Crippen molar-refractivity contribution in [1.29, 1.82) is 0 Å². The van der Waals surface area contributed by atoms with Crippen LogP contribution in [-0.2, 0) is 26.7 Å². The maximum Gasteiger partial charge on any atom is 0.199 e. The maximum atomic E-state index is 6.38. The lowest BCUT2D eigenvalue weighted by atomic mass is 10.1. The Morgan fingerprint density at radius 1 is 1.06 bits per heavy atom. The molecule has 8 heteroatoms. The van der Waals surface area contributed by atoms with E-state index in [9.17, 15) is 0 Å². The molecule has 0 radical (unpaired) electrons. The van der Waals surface area contributed by atoms with Gasteiger partial charge in [-0.3, -0.25) is 9.80 Å². The molecule has 3 heterocycles. The normalized spacial score (nSPS) is 17.0. The van der Waals surface area contributed by atoms with E-state index in [2.05, 4.69) is 28.0 Å². The average molecular weight is 456 g/mol. The second-order valence-corrected chi connectivity index (χ2v) is 8.99. The van der Waals surface area contributed by atoms with Gasteiger partial charge in [-0.1, -0.05) is 35.9 Å². The average Bonchev–Trinajstić information content (AvgIpc) is 3.35. The number of benzene rings is 2. The van der Waals surface area contributed by atoms with Gasteiger partial charge in [0.05, 0.1) is 18.3 Å². The summed E-state index contributed by atoms with van der Waals surface area (Å²) in [5.41, 5.74) is 3.62. The van der Waals surface area contributed by atoms with Crippen molar-refractivity contribution in [3.05, 3.63) is 63.4 Å². The van der Waals surface area contributed by atoms with E-state index in [-0.39, 0.29) is 0 Å². The predicted molar refractivity (Wildman–Crippen MR) is 125 cm³/mol. The number of halogens is 1. The zero-order valence-corrected chi connectivity index (χ0v) is 19.2. The zero-order chi connectivity index (χ0) is 21.4. The molecule has 0 amide bonds. The van der Waals surface area contributed by atoms with Crippen LogP contribution in [-0.4, -0.2) is 56.9 Å². The number of nitrogens with zero attached hydrogens (tertiary/aromatic N) is 5. The minimum Gasteiger partial charge on any atom is -0.493 e. The Morgan fingerprint density at radius 3 is 2.65 bits per heavy atom. The largest absolute Gasteiger partial charge is 0.493 e. The number of rotatable bonds is 5. The van der Waals surface area contributed by atoms with Crippen LogP contribution in [0.2, 0.25) is 5.02 Å². The maximum absolute atomic E-state index is 6.38. The number of ether oxygens (including phenoxy) is 1. The summed E-state index contributed by atoms with van der Waals surface area (Å²) in [4.78, 5) is 4.92. The highest BCUT2D eigenvalue weighted by atomic mass is 35.5. The molecular weight excluding hydrogens is 430 g/mol. The molecule has 0 aliphatic carbocycles. The fourth-order valence-electron chi connectivity index (χ4n) is 4.33. The monoisotopic (exact) mass is 455 g/mol. The van der Waals surface area contributed by atoms with Crippen molar-refractivity contribution in [2.45, 2.75) is 19.6 Å². The van der Waals surface area contributed by atoms with Gasteiger partial charge in [0.15, 0.2) is 10.6 Å². The van der Waals surface area contributed by atoms with E-state index in [0.717, 1.165) is 62.9 Å². The first kappa shape index (κ1) is 20.7. The number of fused-ring (bicyclic) bond motifs is 1. The Kier molecular flexibility index (Phi) is 5.84. The van der Waals surface area contributed by atoms with Gasteiger partial charge in [-0.05, 0) is 41.5 Å². The molecule has 162 valence electrons. The Bertz CT molecular complexity index is 1150. The van der Waals surface area contributed by atoms with Crippen LogP contribution in [0.1, 0.15) is 11.1 Å². The Hall–Kier alpha value is -2.19. The van der Waals surface area contributed by atoms with Crippen molar-refractivity contribution in [3.63, 3.8) is 0 Å². The van der Waals surface area contributed by atoms with Gasteiger partial charge in [0.2, 0.25) is 0 Å². The SMILES string of the molecule is Cn1c(-c2ccccc2Cl)nn(CN2CCN(Cc3ccc4c(c3)CCO4)CC2)c1=S. The highest BCUT2D eigenvalue weighted by molar-refractivity contribution is 7.71. The Morgan fingerprint density at radius 2 is 1.84 bits per heavy atom. The standard InChI is InChI=1S/C23H26ClN5OS/c1-26-22(19-4-2-3-5-20(19)24)25-29(23(26)31)16-28-11-9-27(10-12-28)15-17-6-7-21-18(14-17)8-13-30-21/h2-7,14H,8-13,15-16H2,1H3. The van der Waals surface area contributed by atoms with Gasteiger partial charge < -0.3 is 9.30 Å². The number of hydrogen-bond acceptors (Lipinski definition) is 5. The fourth-order valence-corrected chi connectivity index (χ4v) is 4.74. The van der Waals surface area contributed by atoms with Crippen LogP contribution in [0.25, 0.3) is 11.4 Å². The first-order valence-electron chi connectivity index (χ1n) is 10.7. The molecule has 0 unspecified atom stereocenters. The Labute approximate surface area is 192 Å². The van der Waals surface area contributed by atoms with E-state index >= 15 is 0 Å².